The number of amides is 1. The Morgan fingerprint density at radius 2 is 2.23 bits per heavy atom. The van der Waals surface area contributed by atoms with Crippen LogP contribution in [0.15, 0.2) is 18.5 Å². The number of hydrogen-bond acceptors (Lipinski definition) is 4. The van der Waals surface area contributed by atoms with Gasteiger partial charge in [-0.15, -0.1) is 0 Å². The zero-order chi connectivity index (χ0) is 15.4. The summed E-state index contributed by atoms with van der Waals surface area (Å²) in [5, 5.41) is 6.43. The summed E-state index contributed by atoms with van der Waals surface area (Å²) < 4.78 is 5.86. The molecule has 0 bridgehead atoms. The summed E-state index contributed by atoms with van der Waals surface area (Å²) in [6.07, 6.45) is 7.77. The Hall–Kier alpha value is -1.46. The molecule has 22 heavy (non-hydrogen) atoms. The highest BCUT2D eigenvalue weighted by molar-refractivity contribution is 5.93. The lowest BCUT2D eigenvalue weighted by Gasteiger charge is -2.27. The maximum absolute atomic E-state index is 12.6. The van der Waals surface area contributed by atoms with E-state index in [1.807, 2.05) is 13.0 Å². The monoisotopic (exact) mass is 303 g/mol. The molecular weight excluding hydrogens is 278 g/mol. The lowest BCUT2D eigenvalue weighted by molar-refractivity contribution is -0.121. The lowest BCUT2D eigenvalue weighted by Crippen LogP contribution is -2.34. The predicted molar refractivity (Wildman–Crippen MR) is 85.7 cm³/mol. The number of ether oxygens (including phenoxy) is 1. The van der Waals surface area contributed by atoms with Crippen molar-refractivity contribution in [2.24, 2.45) is 11.8 Å². The second-order valence-corrected chi connectivity index (χ2v) is 6.41. The van der Waals surface area contributed by atoms with E-state index in [9.17, 15) is 4.79 Å². The largest absolute Gasteiger partial charge is 0.377 e. The van der Waals surface area contributed by atoms with Crippen molar-refractivity contribution in [2.45, 2.75) is 38.7 Å². The predicted octanol–water partition coefficient (Wildman–Crippen LogP) is 2.12. The molecule has 0 spiro atoms. The number of carbonyl (C=O) groups is 1. The number of piperidine rings is 1. The van der Waals surface area contributed by atoms with E-state index < -0.39 is 0 Å². The molecule has 2 aliphatic rings. The summed E-state index contributed by atoms with van der Waals surface area (Å²) >= 11 is 0. The SMILES string of the molecule is Cc1cnccc1NC(=O)[C@@H]1CCO[C@@H]1CC1CCNCC1. The molecule has 0 aromatic carbocycles. The highest BCUT2D eigenvalue weighted by atomic mass is 16.5. The number of aryl methyl sites for hydroxylation is 1. The molecule has 2 aliphatic heterocycles. The molecule has 1 aromatic rings. The van der Waals surface area contributed by atoms with Crippen molar-refractivity contribution in [3.8, 4) is 0 Å². The number of nitrogens with zero attached hydrogens (tertiary/aromatic N) is 1. The van der Waals surface area contributed by atoms with E-state index >= 15 is 0 Å². The van der Waals surface area contributed by atoms with Crippen LogP contribution < -0.4 is 10.6 Å². The normalized spacial score (nSPS) is 26.0. The third-order valence-corrected chi connectivity index (χ3v) is 4.85. The Morgan fingerprint density at radius 1 is 1.41 bits per heavy atom. The summed E-state index contributed by atoms with van der Waals surface area (Å²) in [6, 6.07) is 1.85. The number of nitrogens with one attached hydrogen (secondary N) is 2. The van der Waals surface area contributed by atoms with Crippen molar-refractivity contribution in [2.75, 3.05) is 25.0 Å². The first-order chi connectivity index (χ1) is 10.7. The van der Waals surface area contributed by atoms with Gasteiger partial charge in [0, 0.05) is 24.7 Å². The molecule has 2 N–H and O–H groups in total. The highest BCUT2D eigenvalue weighted by Crippen LogP contribution is 2.30. The van der Waals surface area contributed by atoms with Crippen LogP contribution in [-0.2, 0) is 9.53 Å². The number of pyridine rings is 1. The maximum Gasteiger partial charge on any atom is 0.230 e. The van der Waals surface area contributed by atoms with Crippen molar-refractivity contribution in [3.63, 3.8) is 0 Å². The standard InChI is InChI=1S/C17H25N3O2/c1-12-11-19-8-4-15(12)20-17(21)14-5-9-22-16(14)10-13-2-6-18-7-3-13/h4,8,11,13-14,16,18H,2-3,5-7,9-10H2,1H3,(H,19,20,21)/t14-,16-/m1/s1. The molecule has 0 radical (unpaired) electrons. The summed E-state index contributed by atoms with van der Waals surface area (Å²) in [5.41, 5.74) is 1.84. The summed E-state index contributed by atoms with van der Waals surface area (Å²) in [4.78, 5) is 16.7. The van der Waals surface area contributed by atoms with Crippen LogP contribution >= 0.6 is 0 Å². The molecule has 1 amide bonds. The minimum Gasteiger partial charge on any atom is -0.377 e. The summed E-state index contributed by atoms with van der Waals surface area (Å²) in [6.45, 7) is 4.83. The molecule has 1 aromatic heterocycles. The summed E-state index contributed by atoms with van der Waals surface area (Å²) in [5.74, 6) is 0.746. The van der Waals surface area contributed by atoms with Gasteiger partial charge in [0.2, 0.25) is 5.91 Å². The molecule has 120 valence electrons. The third-order valence-electron chi connectivity index (χ3n) is 4.85. The van der Waals surface area contributed by atoms with Gasteiger partial charge in [-0.2, -0.15) is 0 Å². The van der Waals surface area contributed by atoms with Crippen molar-refractivity contribution >= 4 is 11.6 Å². The maximum atomic E-state index is 12.6. The van der Waals surface area contributed by atoms with Crippen LogP contribution in [0.1, 0.15) is 31.2 Å². The van der Waals surface area contributed by atoms with Gasteiger partial charge in [-0.05, 0) is 63.2 Å². The first-order valence-electron chi connectivity index (χ1n) is 8.28. The number of rotatable bonds is 4. The molecule has 3 rings (SSSR count). The van der Waals surface area contributed by atoms with Gasteiger partial charge >= 0.3 is 0 Å². The number of hydrogen-bond donors (Lipinski definition) is 2. The van der Waals surface area contributed by atoms with Gasteiger partial charge in [0.1, 0.15) is 0 Å². The van der Waals surface area contributed by atoms with Crippen LogP contribution in [0.3, 0.4) is 0 Å². The molecule has 0 unspecified atom stereocenters. The van der Waals surface area contributed by atoms with Gasteiger partial charge in [0.15, 0.2) is 0 Å². The van der Waals surface area contributed by atoms with Gasteiger partial charge < -0.3 is 15.4 Å². The topological polar surface area (TPSA) is 63.2 Å². The van der Waals surface area contributed by atoms with Crippen LogP contribution in [0.2, 0.25) is 0 Å². The van der Waals surface area contributed by atoms with Crippen LogP contribution in [0.4, 0.5) is 5.69 Å². The molecule has 5 nitrogen and oxygen atoms in total. The Bertz CT molecular complexity index is 514. The van der Waals surface area contributed by atoms with Gasteiger partial charge in [-0.3, -0.25) is 9.78 Å². The second-order valence-electron chi connectivity index (χ2n) is 6.41. The lowest BCUT2D eigenvalue weighted by atomic mass is 9.87. The van der Waals surface area contributed by atoms with E-state index in [4.69, 9.17) is 4.74 Å². The summed E-state index contributed by atoms with van der Waals surface area (Å²) in [7, 11) is 0. The molecule has 0 saturated carbocycles. The zero-order valence-electron chi connectivity index (χ0n) is 13.2. The fraction of sp³-hybridized carbons (Fsp3) is 0.647. The smallest absolute Gasteiger partial charge is 0.230 e. The van der Waals surface area contributed by atoms with E-state index in [1.165, 1.54) is 12.8 Å². The van der Waals surface area contributed by atoms with E-state index in [2.05, 4.69) is 15.6 Å². The minimum atomic E-state index is -0.0255. The van der Waals surface area contributed by atoms with E-state index in [0.29, 0.717) is 12.5 Å². The number of aromatic nitrogens is 1. The Morgan fingerprint density at radius 3 is 3.00 bits per heavy atom. The Balaban J connectivity index is 1.59. The van der Waals surface area contributed by atoms with Gasteiger partial charge in [-0.25, -0.2) is 0 Å². The first kappa shape index (κ1) is 15.4. The average Bonchev–Trinajstić information content (AvgIpc) is 2.99. The van der Waals surface area contributed by atoms with E-state index in [-0.39, 0.29) is 17.9 Å². The number of carbonyl (C=O) groups excluding carboxylic acids is 1. The molecule has 0 aliphatic carbocycles. The molecular formula is C17H25N3O2. The molecule has 2 atom stereocenters. The Labute approximate surface area is 131 Å². The second kappa shape index (κ2) is 7.20. The zero-order valence-corrected chi connectivity index (χ0v) is 13.2. The molecule has 2 saturated heterocycles. The van der Waals surface area contributed by atoms with Crippen LogP contribution in [0, 0.1) is 18.8 Å². The third kappa shape index (κ3) is 3.65. The highest BCUT2D eigenvalue weighted by Gasteiger charge is 2.35. The molecule has 3 heterocycles. The number of anilines is 1. The Kier molecular flexibility index (Phi) is 5.05. The fourth-order valence-corrected chi connectivity index (χ4v) is 3.47. The van der Waals surface area contributed by atoms with Crippen molar-refractivity contribution in [1.82, 2.24) is 10.3 Å². The fourth-order valence-electron chi connectivity index (χ4n) is 3.47. The van der Waals surface area contributed by atoms with Crippen molar-refractivity contribution in [1.29, 1.82) is 0 Å². The van der Waals surface area contributed by atoms with Gasteiger partial charge in [-0.1, -0.05) is 0 Å². The van der Waals surface area contributed by atoms with Crippen LogP contribution in [0.25, 0.3) is 0 Å². The molecule has 5 heteroatoms. The van der Waals surface area contributed by atoms with Crippen molar-refractivity contribution < 1.29 is 9.53 Å². The van der Waals surface area contributed by atoms with Crippen LogP contribution in [-0.4, -0.2) is 36.7 Å². The van der Waals surface area contributed by atoms with Gasteiger partial charge in [0.25, 0.3) is 0 Å². The van der Waals surface area contributed by atoms with Gasteiger partial charge in [0.05, 0.1) is 12.0 Å². The van der Waals surface area contributed by atoms with Crippen LogP contribution in [0.5, 0.6) is 0 Å². The van der Waals surface area contributed by atoms with Crippen molar-refractivity contribution in [3.05, 3.63) is 24.0 Å². The minimum absolute atomic E-state index is 0.0255. The van der Waals surface area contributed by atoms with E-state index in [0.717, 1.165) is 37.2 Å². The average molecular weight is 303 g/mol. The molecule has 2 fully saturated rings. The quantitative estimate of drug-likeness (QED) is 0.894. The first-order valence-corrected chi connectivity index (χ1v) is 8.28. The van der Waals surface area contributed by atoms with E-state index in [1.54, 1.807) is 12.4 Å².